The van der Waals surface area contributed by atoms with E-state index < -0.39 is 0 Å². The van der Waals surface area contributed by atoms with Gasteiger partial charge in [0, 0.05) is 21.5 Å². The zero-order valence-corrected chi connectivity index (χ0v) is 10.8. The molecule has 0 amide bonds. The summed E-state index contributed by atoms with van der Waals surface area (Å²) in [5.41, 5.74) is 1.72. The standard InChI is InChI=1S/C13H12BrNO2/c14-10-4-2-1-3-9(10)11-7-12(15-17-11)13(8-16)5-6-13/h1-4,7,16H,5-6,8H2. The van der Waals surface area contributed by atoms with Gasteiger partial charge >= 0.3 is 0 Å². The van der Waals surface area contributed by atoms with Crippen molar-refractivity contribution in [2.24, 2.45) is 0 Å². The van der Waals surface area contributed by atoms with Crippen LogP contribution in [-0.4, -0.2) is 16.9 Å². The van der Waals surface area contributed by atoms with Crippen LogP contribution in [0.25, 0.3) is 11.3 Å². The van der Waals surface area contributed by atoms with Crippen molar-refractivity contribution in [3.63, 3.8) is 0 Å². The van der Waals surface area contributed by atoms with E-state index in [-0.39, 0.29) is 12.0 Å². The fraction of sp³-hybridized carbons (Fsp3) is 0.308. The molecule has 0 atom stereocenters. The molecule has 0 spiro atoms. The summed E-state index contributed by atoms with van der Waals surface area (Å²) in [4.78, 5) is 0. The highest BCUT2D eigenvalue weighted by molar-refractivity contribution is 9.10. The molecule has 4 heteroatoms. The summed E-state index contributed by atoms with van der Waals surface area (Å²) in [5, 5.41) is 13.4. The minimum Gasteiger partial charge on any atom is -0.395 e. The SMILES string of the molecule is OCC1(c2cc(-c3ccccc3Br)on2)CC1. The Bertz CT molecular complexity index is 546. The fourth-order valence-electron chi connectivity index (χ4n) is 1.96. The fourth-order valence-corrected chi connectivity index (χ4v) is 2.44. The van der Waals surface area contributed by atoms with Gasteiger partial charge in [0.15, 0.2) is 5.76 Å². The van der Waals surface area contributed by atoms with Gasteiger partial charge in [-0.05, 0) is 25.0 Å². The van der Waals surface area contributed by atoms with E-state index in [4.69, 9.17) is 4.52 Å². The molecule has 1 aliphatic carbocycles. The summed E-state index contributed by atoms with van der Waals surface area (Å²) in [6.07, 6.45) is 1.98. The number of nitrogens with zero attached hydrogens (tertiary/aromatic N) is 1. The van der Waals surface area contributed by atoms with Crippen LogP contribution >= 0.6 is 15.9 Å². The molecule has 3 nitrogen and oxygen atoms in total. The maximum atomic E-state index is 9.35. The van der Waals surface area contributed by atoms with E-state index >= 15 is 0 Å². The van der Waals surface area contributed by atoms with Crippen LogP contribution in [0.2, 0.25) is 0 Å². The highest BCUT2D eigenvalue weighted by atomic mass is 79.9. The van der Waals surface area contributed by atoms with Gasteiger partial charge in [-0.1, -0.05) is 33.2 Å². The number of aliphatic hydroxyl groups is 1. The Balaban J connectivity index is 1.99. The van der Waals surface area contributed by atoms with Crippen LogP contribution < -0.4 is 0 Å². The van der Waals surface area contributed by atoms with Crippen LogP contribution in [0.15, 0.2) is 39.3 Å². The summed E-state index contributed by atoms with van der Waals surface area (Å²) in [7, 11) is 0. The molecule has 1 N–H and O–H groups in total. The second-order valence-electron chi connectivity index (χ2n) is 4.49. The molecule has 1 aliphatic rings. The Morgan fingerprint density at radius 2 is 2.12 bits per heavy atom. The van der Waals surface area contributed by atoms with Gasteiger partial charge in [0.1, 0.15) is 0 Å². The third-order valence-electron chi connectivity index (χ3n) is 3.35. The number of halogens is 1. The predicted molar refractivity (Wildman–Crippen MR) is 67.6 cm³/mol. The average Bonchev–Trinajstić information content (AvgIpc) is 3.00. The lowest BCUT2D eigenvalue weighted by molar-refractivity contribution is 0.248. The zero-order valence-electron chi connectivity index (χ0n) is 9.19. The highest BCUT2D eigenvalue weighted by Gasteiger charge is 2.46. The van der Waals surface area contributed by atoms with Crippen molar-refractivity contribution in [2.75, 3.05) is 6.61 Å². The quantitative estimate of drug-likeness (QED) is 0.946. The van der Waals surface area contributed by atoms with Crippen LogP contribution in [0.1, 0.15) is 18.5 Å². The summed E-state index contributed by atoms with van der Waals surface area (Å²) in [6.45, 7) is 0.148. The van der Waals surface area contributed by atoms with E-state index in [0.717, 1.165) is 34.3 Å². The Morgan fingerprint density at radius 1 is 1.35 bits per heavy atom. The summed E-state index contributed by atoms with van der Waals surface area (Å²) in [6, 6.07) is 9.80. The smallest absolute Gasteiger partial charge is 0.168 e. The first-order valence-corrected chi connectivity index (χ1v) is 6.37. The first-order chi connectivity index (χ1) is 8.25. The number of aliphatic hydroxyl groups excluding tert-OH is 1. The Kier molecular flexibility index (Phi) is 2.56. The van der Waals surface area contributed by atoms with Crippen LogP contribution in [0.3, 0.4) is 0 Å². The summed E-state index contributed by atoms with van der Waals surface area (Å²) < 4.78 is 6.35. The van der Waals surface area contributed by atoms with Gasteiger partial charge in [0.25, 0.3) is 0 Å². The minimum absolute atomic E-state index is 0.136. The molecule has 0 radical (unpaired) electrons. The normalized spacial score (nSPS) is 17.1. The molecule has 0 aliphatic heterocycles. The lowest BCUT2D eigenvalue weighted by Gasteiger charge is -2.04. The molecule has 88 valence electrons. The first kappa shape index (κ1) is 11.0. The molecule has 17 heavy (non-hydrogen) atoms. The topological polar surface area (TPSA) is 46.3 Å². The first-order valence-electron chi connectivity index (χ1n) is 5.58. The second-order valence-corrected chi connectivity index (χ2v) is 5.35. The molecule has 1 aromatic carbocycles. The number of hydrogen-bond acceptors (Lipinski definition) is 3. The molecular weight excluding hydrogens is 282 g/mol. The largest absolute Gasteiger partial charge is 0.395 e. The van der Waals surface area contributed by atoms with Gasteiger partial charge in [0.2, 0.25) is 0 Å². The van der Waals surface area contributed by atoms with Crippen molar-refractivity contribution < 1.29 is 9.63 Å². The Hall–Kier alpha value is -1.13. The monoisotopic (exact) mass is 293 g/mol. The van der Waals surface area contributed by atoms with Crippen molar-refractivity contribution in [3.05, 3.63) is 40.5 Å². The van der Waals surface area contributed by atoms with Crippen molar-refractivity contribution in [1.29, 1.82) is 0 Å². The van der Waals surface area contributed by atoms with E-state index in [0.29, 0.717) is 0 Å². The predicted octanol–water partition coefficient (Wildman–Crippen LogP) is 3.13. The van der Waals surface area contributed by atoms with Crippen LogP contribution in [0.5, 0.6) is 0 Å². The van der Waals surface area contributed by atoms with Crippen molar-refractivity contribution in [3.8, 4) is 11.3 Å². The molecule has 1 fully saturated rings. The molecule has 1 heterocycles. The highest BCUT2D eigenvalue weighted by Crippen LogP contribution is 2.48. The third-order valence-corrected chi connectivity index (χ3v) is 4.04. The Morgan fingerprint density at radius 3 is 2.76 bits per heavy atom. The van der Waals surface area contributed by atoms with E-state index in [1.54, 1.807) is 0 Å². The lowest BCUT2D eigenvalue weighted by atomic mass is 10.0. The van der Waals surface area contributed by atoms with E-state index in [9.17, 15) is 5.11 Å². The molecule has 0 bridgehead atoms. The van der Waals surface area contributed by atoms with Gasteiger partial charge in [-0.3, -0.25) is 0 Å². The number of rotatable bonds is 3. The molecular formula is C13H12BrNO2. The summed E-state index contributed by atoms with van der Waals surface area (Å²) >= 11 is 3.49. The maximum absolute atomic E-state index is 9.35. The number of hydrogen-bond donors (Lipinski definition) is 1. The van der Waals surface area contributed by atoms with E-state index in [1.807, 2.05) is 30.3 Å². The van der Waals surface area contributed by atoms with Gasteiger partial charge in [-0.25, -0.2) is 0 Å². The number of benzene rings is 1. The van der Waals surface area contributed by atoms with Crippen molar-refractivity contribution in [1.82, 2.24) is 5.16 Å². The van der Waals surface area contributed by atoms with Gasteiger partial charge in [-0.2, -0.15) is 0 Å². The summed E-state index contributed by atoms with van der Waals surface area (Å²) in [5.74, 6) is 0.743. The third kappa shape index (κ3) is 1.81. The van der Waals surface area contributed by atoms with Gasteiger partial charge < -0.3 is 9.63 Å². The molecule has 1 saturated carbocycles. The molecule has 0 saturated heterocycles. The second kappa shape index (κ2) is 3.96. The van der Waals surface area contributed by atoms with Crippen LogP contribution in [-0.2, 0) is 5.41 Å². The van der Waals surface area contributed by atoms with Crippen molar-refractivity contribution in [2.45, 2.75) is 18.3 Å². The molecule has 1 aromatic heterocycles. The number of aromatic nitrogens is 1. The lowest BCUT2D eigenvalue weighted by Crippen LogP contribution is -2.11. The van der Waals surface area contributed by atoms with E-state index in [2.05, 4.69) is 21.1 Å². The van der Waals surface area contributed by atoms with Crippen LogP contribution in [0.4, 0.5) is 0 Å². The Labute approximate surface area is 108 Å². The molecule has 2 aromatic rings. The van der Waals surface area contributed by atoms with Gasteiger partial charge in [-0.15, -0.1) is 0 Å². The molecule has 3 rings (SSSR count). The minimum atomic E-state index is -0.136. The maximum Gasteiger partial charge on any atom is 0.168 e. The molecule has 0 unspecified atom stereocenters. The van der Waals surface area contributed by atoms with Crippen LogP contribution in [0, 0.1) is 0 Å². The average molecular weight is 294 g/mol. The van der Waals surface area contributed by atoms with Gasteiger partial charge in [0.05, 0.1) is 12.3 Å². The zero-order chi connectivity index (χ0) is 11.9. The van der Waals surface area contributed by atoms with E-state index in [1.165, 1.54) is 0 Å². The van der Waals surface area contributed by atoms with Crippen molar-refractivity contribution >= 4 is 15.9 Å².